The monoisotopic (exact) mass is 484 g/mol. The Morgan fingerprint density at radius 3 is 2.47 bits per heavy atom. The maximum Gasteiger partial charge on any atom is 0.338 e. The topological polar surface area (TPSA) is 102 Å². The van der Waals surface area contributed by atoms with Crippen molar-refractivity contribution in [3.8, 4) is 0 Å². The molecule has 0 radical (unpaired) electrons. The van der Waals surface area contributed by atoms with Crippen molar-refractivity contribution in [3.63, 3.8) is 0 Å². The van der Waals surface area contributed by atoms with Gasteiger partial charge in [-0.25, -0.2) is 9.48 Å². The van der Waals surface area contributed by atoms with Crippen molar-refractivity contribution in [2.24, 2.45) is 11.8 Å². The van der Waals surface area contributed by atoms with Crippen LogP contribution < -0.4 is 16.2 Å². The summed E-state index contributed by atoms with van der Waals surface area (Å²) in [4.78, 5) is 37.2. The fraction of sp³-hybridized carbons (Fsp3) is 0.520. The van der Waals surface area contributed by atoms with E-state index in [9.17, 15) is 14.4 Å². The van der Waals surface area contributed by atoms with Crippen molar-refractivity contribution in [2.75, 3.05) is 11.9 Å². The minimum absolute atomic E-state index is 0.0241. The largest absolute Gasteiger partial charge is 0.462 e. The molecule has 180 valence electrons. The van der Waals surface area contributed by atoms with Crippen LogP contribution in [0.4, 0.5) is 11.4 Å². The van der Waals surface area contributed by atoms with E-state index < -0.39 is 5.54 Å². The molecule has 2 atom stereocenters. The summed E-state index contributed by atoms with van der Waals surface area (Å²) in [5.41, 5.74) is 0.520. The van der Waals surface area contributed by atoms with Crippen molar-refractivity contribution in [2.45, 2.75) is 63.5 Å². The molecule has 1 aromatic carbocycles. The Morgan fingerprint density at radius 2 is 1.85 bits per heavy atom. The Hall–Kier alpha value is -2.87. The number of halogens is 1. The van der Waals surface area contributed by atoms with Crippen molar-refractivity contribution in [1.29, 1.82) is 0 Å². The summed E-state index contributed by atoms with van der Waals surface area (Å²) in [7, 11) is 0. The number of amides is 1. The molecule has 8 nitrogen and oxygen atoms in total. The molecule has 6 rings (SSSR count). The van der Waals surface area contributed by atoms with Crippen LogP contribution >= 0.6 is 11.6 Å². The lowest BCUT2D eigenvalue weighted by atomic mass is 9.50. The minimum Gasteiger partial charge on any atom is -0.462 e. The summed E-state index contributed by atoms with van der Waals surface area (Å²) in [6.07, 6.45) is 7.15. The molecule has 4 bridgehead atoms. The highest BCUT2D eigenvalue weighted by molar-refractivity contribution is 6.33. The number of carbonyl (C=O) groups excluding carboxylic acids is 2. The van der Waals surface area contributed by atoms with Crippen molar-refractivity contribution in [3.05, 3.63) is 51.4 Å². The molecule has 0 aliphatic heterocycles. The van der Waals surface area contributed by atoms with E-state index in [4.69, 9.17) is 16.3 Å². The third kappa shape index (κ3) is 3.98. The number of benzene rings is 1. The number of carbonyl (C=O) groups is 2. The molecule has 1 amide bonds. The van der Waals surface area contributed by atoms with Crippen LogP contribution in [-0.2, 0) is 15.1 Å². The molecule has 0 saturated heterocycles. The maximum atomic E-state index is 13.4. The molecule has 2 N–H and O–H groups in total. The van der Waals surface area contributed by atoms with Crippen LogP contribution in [0.1, 0.15) is 62.7 Å². The zero-order valence-corrected chi connectivity index (χ0v) is 20.2. The maximum absolute atomic E-state index is 13.4. The molecule has 0 unspecified atom stereocenters. The van der Waals surface area contributed by atoms with Gasteiger partial charge in [0.1, 0.15) is 5.02 Å². The van der Waals surface area contributed by atoms with Gasteiger partial charge in [0.05, 0.1) is 29.6 Å². The molecule has 2 aromatic rings. The predicted molar refractivity (Wildman–Crippen MR) is 128 cm³/mol. The normalized spacial score (nSPS) is 29.0. The molecule has 4 aliphatic rings. The van der Waals surface area contributed by atoms with E-state index in [1.54, 1.807) is 49.0 Å². The first-order valence-corrected chi connectivity index (χ1v) is 12.2. The lowest BCUT2D eigenvalue weighted by molar-refractivity contribution is -0.128. The van der Waals surface area contributed by atoms with E-state index in [-0.39, 0.29) is 28.0 Å². The Balaban J connectivity index is 1.41. The van der Waals surface area contributed by atoms with Gasteiger partial charge in [-0.3, -0.25) is 9.59 Å². The van der Waals surface area contributed by atoms with E-state index in [0.29, 0.717) is 41.8 Å². The summed E-state index contributed by atoms with van der Waals surface area (Å²) in [6, 6.07) is 6.76. The second-order valence-electron chi connectivity index (χ2n) is 10.2. The molecule has 9 heteroatoms. The lowest BCUT2D eigenvalue weighted by Gasteiger charge is -2.61. The Bertz CT molecular complexity index is 1180. The standard InChI is InChI=1S/C25H29ClN4O4/c1-3-34-23(33)18-4-6-19(7-5-18)28-20-13-27-30(22(32)21(20)26)25-11-16-8-17(12-25)10-24(9-16,14-25)29-15(2)31/h4-7,13,16-17,28H,3,8-12,14H2,1-2H3,(H,29,31)/t16-,17-,24?,25?/m0/s1. The van der Waals surface area contributed by atoms with E-state index in [2.05, 4.69) is 15.7 Å². The van der Waals surface area contributed by atoms with Gasteiger partial charge in [0.2, 0.25) is 5.91 Å². The quantitative estimate of drug-likeness (QED) is 0.601. The SMILES string of the molecule is CCOC(=O)c1ccc(Nc2cnn(C34C[C@H]5C[C@@H](CC(NC(C)=O)(C5)C3)C4)c(=O)c2Cl)cc1. The van der Waals surface area contributed by atoms with Crippen LogP contribution in [-0.4, -0.2) is 33.8 Å². The van der Waals surface area contributed by atoms with E-state index in [1.807, 2.05) is 0 Å². The number of nitrogens with one attached hydrogen (secondary N) is 2. The summed E-state index contributed by atoms with van der Waals surface area (Å²) >= 11 is 6.55. The second kappa shape index (κ2) is 8.41. The van der Waals surface area contributed by atoms with Crippen LogP contribution in [0, 0.1) is 11.8 Å². The Kier molecular flexibility index (Phi) is 5.67. The van der Waals surface area contributed by atoms with Crippen LogP contribution in [0.5, 0.6) is 0 Å². The minimum atomic E-state index is -0.424. The molecular weight excluding hydrogens is 456 g/mol. The number of aromatic nitrogens is 2. The first kappa shape index (κ1) is 22.9. The molecule has 0 spiro atoms. The zero-order chi connectivity index (χ0) is 24.1. The number of anilines is 2. The molecule has 4 fully saturated rings. The average Bonchev–Trinajstić information content (AvgIpc) is 2.75. The molecule has 1 aromatic heterocycles. The Morgan fingerprint density at radius 1 is 1.18 bits per heavy atom. The van der Waals surface area contributed by atoms with Gasteiger partial charge in [-0.15, -0.1) is 0 Å². The molecule has 4 saturated carbocycles. The fourth-order valence-electron chi connectivity index (χ4n) is 6.90. The summed E-state index contributed by atoms with van der Waals surface area (Å²) in [6.45, 7) is 3.63. The van der Waals surface area contributed by atoms with E-state index in [1.165, 1.54) is 0 Å². The average molecular weight is 485 g/mol. The predicted octanol–water partition coefficient (Wildman–Crippen LogP) is 4.00. The van der Waals surface area contributed by atoms with Gasteiger partial charge >= 0.3 is 5.97 Å². The lowest BCUT2D eigenvalue weighted by Crippen LogP contribution is -2.67. The van der Waals surface area contributed by atoms with Crippen LogP contribution in [0.15, 0.2) is 35.3 Å². The number of nitrogens with zero attached hydrogens (tertiary/aromatic N) is 2. The smallest absolute Gasteiger partial charge is 0.338 e. The number of rotatable bonds is 6. The molecular formula is C25H29ClN4O4. The van der Waals surface area contributed by atoms with Gasteiger partial charge in [0.25, 0.3) is 5.56 Å². The van der Waals surface area contributed by atoms with Gasteiger partial charge in [-0.05, 0) is 81.5 Å². The highest BCUT2D eigenvalue weighted by Crippen LogP contribution is 2.60. The van der Waals surface area contributed by atoms with Crippen molar-refractivity contribution < 1.29 is 14.3 Å². The van der Waals surface area contributed by atoms with Crippen molar-refractivity contribution in [1.82, 2.24) is 15.1 Å². The third-order valence-corrected chi connectivity index (χ3v) is 7.88. The number of esters is 1. The number of hydrogen-bond donors (Lipinski definition) is 2. The first-order chi connectivity index (χ1) is 16.2. The van der Waals surface area contributed by atoms with Crippen LogP contribution in [0.3, 0.4) is 0 Å². The molecule has 1 heterocycles. The highest BCUT2D eigenvalue weighted by atomic mass is 35.5. The second-order valence-corrected chi connectivity index (χ2v) is 10.5. The summed E-state index contributed by atoms with van der Waals surface area (Å²) in [5, 5.41) is 11.0. The summed E-state index contributed by atoms with van der Waals surface area (Å²) < 4.78 is 6.59. The summed E-state index contributed by atoms with van der Waals surface area (Å²) in [5.74, 6) is 0.528. The first-order valence-electron chi connectivity index (χ1n) is 11.8. The van der Waals surface area contributed by atoms with Gasteiger partial charge < -0.3 is 15.4 Å². The molecule has 34 heavy (non-hydrogen) atoms. The molecule has 4 aliphatic carbocycles. The number of hydrogen-bond acceptors (Lipinski definition) is 6. The van der Waals surface area contributed by atoms with E-state index >= 15 is 0 Å². The Labute approximate surface area is 203 Å². The van der Waals surface area contributed by atoms with Crippen LogP contribution in [0.25, 0.3) is 0 Å². The zero-order valence-electron chi connectivity index (χ0n) is 19.4. The van der Waals surface area contributed by atoms with Gasteiger partial charge in [-0.1, -0.05) is 11.6 Å². The van der Waals surface area contributed by atoms with Gasteiger partial charge in [0, 0.05) is 18.2 Å². The highest BCUT2D eigenvalue weighted by Gasteiger charge is 2.59. The van der Waals surface area contributed by atoms with Crippen LogP contribution in [0.2, 0.25) is 5.02 Å². The third-order valence-electron chi connectivity index (χ3n) is 7.51. The fourth-order valence-corrected chi connectivity index (χ4v) is 7.08. The van der Waals surface area contributed by atoms with Gasteiger partial charge in [-0.2, -0.15) is 5.10 Å². The van der Waals surface area contributed by atoms with E-state index in [0.717, 1.165) is 32.1 Å². The number of ether oxygens (including phenoxy) is 1. The van der Waals surface area contributed by atoms with Crippen molar-refractivity contribution >= 4 is 34.9 Å². The van der Waals surface area contributed by atoms with Gasteiger partial charge in [0.15, 0.2) is 0 Å².